The maximum absolute atomic E-state index is 12.5. The van der Waals surface area contributed by atoms with Gasteiger partial charge in [0.15, 0.2) is 0 Å². The number of aromatic nitrogens is 4. The first-order valence-corrected chi connectivity index (χ1v) is 8.34. The number of carbonyl (C=O) groups is 1. The molecule has 0 aliphatic carbocycles. The van der Waals surface area contributed by atoms with Crippen LogP contribution < -0.4 is 4.90 Å². The summed E-state index contributed by atoms with van der Waals surface area (Å²) in [5, 5.41) is 17.9. The van der Waals surface area contributed by atoms with Crippen LogP contribution in [-0.2, 0) is 5.41 Å². The van der Waals surface area contributed by atoms with Gasteiger partial charge in [0, 0.05) is 31.6 Å². The smallest absolute Gasteiger partial charge is 0.311 e. The highest BCUT2D eigenvalue weighted by Gasteiger charge is 2.29. The van der Waals surface area contributed by atoms with Crippen molar-refractivity contribution < 1.29 is 9.21 Å². The van der Waals surface area contributed by atoms with Crippen molar-refractivity contribution in [3.05, 3.63) is 16.8 Å². The summed E-state index contributed by atoms with van der Waals surface area (Å²) in [6.07, 6.45) is 0. The Bertz CT molecular complexity index is 696. The minimum atomic E-state index is -0.264. The van der Waals surface area contributed by atoms with Gasteiger partial charge < -0.3 is 14.2 Å². The second kappa shape index (κ2) is 5.88. The molecule has 2 aromatic heterocycles. The summed E-state index contributed by atoms with van der Waals surface area (Å²) in [6.45, 7) is 10.5. The first-order valence-electron chi connectivity index (χ1n) is 7.53. The van der Waals surface area contributed by atoms with Gasteiger partial charge in [-0.15, -0.1) is 20.4 Å². The molecule has 3 rings (SSSR count). The SMILES string of the molecule is Cc1nnc(N2CCN(C(=O)c3nnc(C(C)(C)C)o3)CC2)s1. The third kappa shape index (κ3) is 3.34. The van der Waals surface area contributed by atoms with Crippen LogP contribution in [0.4, 0.5) is 5.13 Å². The Labute approximate surface area is 138 Å². The van der Waals surface area contributed by atoms with E-state index in [0.717, 1.165) is 23.2 Å². The molecule has 1 fully saturated rings. The number of nitrogens with zero attached hydrogens (tertiary/aromatic N) is 6. The van der Waals surface area contributed by atoms with Gasteiger partial charge >= 0.3 is 11.8 Å². The Morgan fingerprint density at radius 3 is 2.30 bits per heavy atom. The molecule has 8 nitrogen and oxygen atoms in total. The number of aryl methyl sites for hydroxylation is 1. The third-order valence-corrected chi connectivity index (χ3v) is 4.50. The van der Waals surface area contributed by atoms with Crippen molar-refractivity contribution in [1.82, 2.24) is 25.3 Å². The molecule has 0 N–H and O–H groups in total. The first kappa shape index (κ1) is 15.9. The molecule has 1 aliphatic rings. The maximum atomic E-state index is 12.5. The lowest BCUT2D eigenvalue weighted by Crippen LogP contribution is -2.48. The highest BCUT2D eigenvalue weighted by atomic mass is 32.1. The minimum absolute atomic E-state index is 0.0649. The normalized spacial score (nSPS) is 16.0. The van der Waals surface area contributed by atoms with Crippen LogP contribution in [0.2, 0.25) is 0 Å². The van der Waals surface area contributed by atoms with Gasteiger partial charge in [-0.25, -0.2) is 0 Å². The van der Waals surface area contributed by atoms with Gasteiger partial charge in [-0.2, -0.15) is 0 Å². The number of rotatable bonds is 2. The molecule has 1 aliphatic heterocycles. The van der Waals surface area contributed by atoms with Gasteiger partial charge in [-0.3, -0.25) is 4.79 Å². The maximum Gasteiger partial charge on any atom is 0.311 e. The summed E-state index contributed by atoms with van der Waals surface area (Å²) >= 11 is 1.57. The molecule has 1 saturated heterocycles. The fourth-order valence-electron chi connectivity index (χ4n) is 2.26. The monoisotopic (exact) mass is 336 g/mol. The molecular weight excluding hydrogens is 316 g/mol. The van der Waals surface area contributed by atoms with Gasteiger partial charge in [-0.1, -0.05) is 32.1 Å². The van der Waals surface area contributed by atoms with Gasteiger partial charge in [0.05, 0.1) is 0 Å². The Hall–Kier alpha value is -2.03. The molecule has 0 saturated carbocycles. The average Bonchev–Trinajstić information content (AvgIpc) is 3.15. The van der Waals surface area contributed by atoms with Gasteiger partial charge in [0.1, 0.15) is 5.01 Å². The predicted octanol–water partition coefficient (Wildman–Crippen LogP) is 1.49. The number of anilines is 1. The van der Waals surface area contributed by atoms with E-state index in [1.54, 1.807) is 16.2 Å². The molecule has 0 atom stereocenters. The molecular formula is C14H20N6O2S. The number of carbonyl (C=O) groups excluding carboxylic acids is 1. The molecule has 9 heteroatoms. The third-order valence-electron chi connectivity index (χ3n) is 3.60. The van der Waals surface area contributed by atoms with Crippen molar-refractivity contribution in [1.29, 1.82) is 0 Å². The average molecular weight is 336 g/mol. The fourth-order valence-corrected chi connectivity index (χ4v) is 3.00. The van der Waals surface area contributed by atoms with E-state index in [9.17, 15) is 4.79 Å². The Balaban J connectivity index is 1.63. The van der Waals surface area contributed by atoms with Crippen LogP contribution in [0.3, 0.4) is 0 Å². The second-order valence-electron chi connectivity index (χ2n) is 6.55. The summed E-state index contributed by atoms with van der Waals surface area (Å²) in [4.78, 5) is 16.4. The zero-order chi connectivity index (χ0) is 16.6. The lowest BCUT2D eigenvalue weighted by Gasteiger charge is -2.33. The Morgan fingerprint density at radius 2 is 1.78 bits per heavy atom. The van der Waals surface area contributed by atoms with Crippen molar-refractivity contribution in [2.75, 3.05) is 31.1 Å². The highest BCUT2D eigenvalue weighted by molar-refractivity contribution is 7.15. The van der Waals surface area contributed by atoms with E-state index >= 15 is 0 Å². The largest absolute Gasteiger partial charge is 0.416 e. The molecule has 23 heavy (non-hydrogen) atoms. The zero-order valence-electron chi connectivity index (χ0n) is 13.7. The lowest BCUT2D eigenvalue weighted by atomic mass is 9.97. The van der Waals surface area contributed by atoms with E-state index in [4.69, 9.17) is 4.42 Å². The van der Waals surface area contributed by atoms with Crippen LogP contribution in [0.25, 0.3) is 0 Å². The standard InChI is InChI=1S/C14H20N6O2S/c1-9-15-18-13(23-9)20-7-5-19(6-8-20)11(21)10-16-17-12(22-10)14(2,3)4/h5-8H2,1-4H3. The van der Waals surface area contributed by atoms with Crippen molar-refractivity contribution >= 4 is 22.4 Å². The quantitative estimate of drug-likeness (QED) is 0.821. The van der Waals surface area contributed by atoms with E-state index in [1.165, 1.54) is 0 Å². The minimum Gasteiger partial charge on any atom is -0.416 e. The number of hydrogen-bond acceptors (Lipinski definition) is 8. The van der Waals surface area contributed by atoms with E-state index in [0.29, 0.717) is 19.0 Å². The van der Waals surface area contributed by atoms with Gasteiger partial charge in [-0.05, 0) is 6.92 Å². The molecule has 124 valence electrons. The van der Waals surface area contributed by atoms with Gasteiger partial charge in [0.2, 0.25) is 11.0 Å². The molecule has 0 spiro atoms. The summed E-state index contributed by atoms with van der Waals surface area (Å²) in [6, 6.07) is 0. The topological polar surface area (TPSA) is 88.3 Å². The second-order valence-corrected chi connectivity index (χ2v) is 7.71. The highest BCUT2D eigenvalue weighted by Crippen LogP contribution is 2.23. The van der Waals surface area contributed by atoms with Crippen molar-refractivity contribution in [2.45, 2.75) is 33.1 Å². The van der Waals surface area contributed by atoms with E-state index in [1.807, 2.05) is 27.7 Å². The lowest BCUT2D eigenvalue weighted by molar-refractivity contribution is 0.0703. The zero-order valence-corrected chi connectivity index (χ0v) is 14.6. The molecule has 2 aromatic rings. The number of amides is 1. The molecule has 0 radical (unpaired) electrons. The van der Waals surface area contributed by atoms with Crippen LogP contribution in [0.1, 0.15) is 42.4 Å². The fraction of sp³-hybridized carbons (Fsp3) is 0.643. The van der Waals surface area contributed by atoms with Crippen LogP contribution in [0.5, 0.6) is 0 Å². The van der Waals surface area contributed by atoms with E-state index in [2.05, 4.69) is 25.3 Å². The summed E-state index contributed by atoms with van der Waals surface area (Å²) in [5.41, 5.74) is -0.264. The molecule has 0 unspecified atom stereocenters. The van der Waals surface area contributed by atoms with Crippen molar-refractivity contribution in [3.63, 3.8) is 0 Å². The van der Waals surface area contributed by atoms with E-state index in [-0.39, 0.29) is 17.2 Å². The van der Waals surface area contributed by atoms with Crippen LogP contribution in [-0.4, -0.2) is 57.4 Å². The molecule has 0 bridgehead atoms. The van der Waals surface area contributed by atoms with Crippen molar-refractivity contribution in [2.24, 2.45) is 0 Å². The summed E-state index contributed by atoms with van der Waals surface area (Å²) < 4.78 is 5.53. The van der Waals surface area contributed by atoms with Crippen LogP contribution >= 0.6 is 11.3 Å². The molecule has 3 heterocycles. The summed E-state index contributed by atoms with van der Waals surface area (Å²) in [5.74, 6) is 0.333. The van der Waals surface area contributed by atoms with Gasteiger partial charge in [0.25, 0.3) is 0 Å². The molecule has 1 amide bonds. The summed E-state index contributed by atoms with van der Waals surface area (Å²) in [7, 11) is 0. The predicted molar refractivity (Wildman–Crippen MR) is 85.8 cm³/mol. The van der Waals surface area contributed by atoms with Crippen LogP contribution in [0, 0.1) is 6.92 Å². The Kier molecular flexibility index (Phi) is 4.05. The first-order chi connectivity index (χ1) is 10.8. The van der Waals surface area contributed by atoms with Crippen LogP contribution in [0.15, 0.2) is 4.42 Å². The molecule has 0 aromatic carbocycles. The number of piperazine rings is 1. The van der Waals surface area contributed by atoms with Crippen molar-refractivity contribution in [3.8, 4) is 0 Å². The van der Waals surface area contributed by atoms with E-state index < -0.39 is 0 Å². The Morgan fingerprint density at radius 1 is 1.09 bits per heavy atom. The number of hydrogen-bond donors (Lipinski definition) is 0.